The Morgan fingerprint density at radius 2 is 1.41 bits per heavy atom. The molecule has 150 valence electrons. The van der Waals surface area contributed by atoms with E-state index in [1.165, 1.54) is 14.2 Å². The first kappa shape index (κ1) is 20.9. The van der Waals surface area contributed by atoms with E-state index in [4.69, 9.17) is 9.47 Å². The van der Waals surface area contributed by atoms with Gasteiger partial charge in [0.1, 0.15) is 0 Å². The number of carbonyl (C=O) groups excluding carboxylic acids is 2. The summed E-state index contributed by atoms with van der Waals surface area (Å²) >= 11 is 2.50. The van der Waals surface area contributed by atoms with Gasteiger partial charge in [-0.3, -0.25) is 0 Å². The van der Waals surface area contributed by atoms with Crippen LogP contribution in [0.15, 0.2) is 77.5 Å². The molecule has 0 aromatic heterocycles. The van der Waals surface area contributed by atoms with Gasteiger partial charge in [-0.25, -0.2) is 0 Å². The van der Waals surface area contributed by atoms with Crippen molar-refractivity contribution in [2.24, 2.45) is 0 Å². The molecule has 1 aliphatic heterocycles. The molecule has 0 spiro atoms. The number of benzene rings is 2. The number of ether oxygens (including phenoxy) is 2. The van der Waals surface area contributed by atoms with Crippen LogP contribution in [0.1, 0.15) is 24.0 Å². The van der Waals surface area contributed by atoms with E-state index in [2.05, 4.69) is 16.0 Å². The Labute approximate surface area is 178 Å². The fourth-order valence-corrected chi connectivity index (χ4v) is 4.45. The molecule has 0 saturated heterocycles. The molecule has 29 heavy (non-hydrogen) atoms. The minimum absolute atomic E-state index is 0.418. The number of hydrogen-bond donors (Lipinski definition) is 0. The number of nitrogens with zero attached hydrogens (tertiary/aromatic N) is 1. The fraction of sp³-hybridized carbons (Fsp3) is 0.217. The zero-order valence-electron chi connectivity index (χ0n) is 16.6. The molecular formula is C23H23NO4Se. The first-order chi connectivity index (χ1) is 14.0. The van der Waals surface area contributed by atoms with Crippen LogP contribution in [0, 0.1) is 0 Å². The average molecular weight is 456 g/mol. The van der Waals surface area contributed by atoms with Gasteiger partial charge in [0.05, 0.1) is 0 Å². The Morgan fingerprint density at radius 3 is 1.93 bits per heavy atom. The van der Waals surface area contributed by atoms with Crippen molar-refractivity contribution in [2.45, 2.75) is 12.8 Å². The maximum atomic E-state index is 13.1. The Hall–Kier alpha value is -2.82. The molecule has 0 bridgehead atoms. The van der Waals surface area contributed by atoms with E-state index < -0.39 is 17.9 Å². The van der Waals surface area contributed by atoms with Crippen LogP contribution < -0.4 is 0 Å². The molecule has 3 rings (SSSR count). The molecule has 6 heteroatoms. The second kappa shape index (κ2) is 9.12. The quantitative estimate of drug-likeness (QED) is 0.512. The summed E-state index contributed by atoms with van der Waals surface area (Å²) in [5.41, 5.74) is 4.56. The summed E-state index contributed by atoms with van der Waals surface area (Å²) in [6.07, 6.45) is 0. The van der Waals surface area contributed by atoms with Gasteiger partial charge >= 0.3 is 179 Å². The Bertz CT molecular complexity index is 967. The molecular weight excluding hydrogens is 433 g/mol. The third-order valence-corrected chi connectivity index (χ3v) is 5.62. The van der Waals surface area contributed by atoms with Crippen molar-refractivity contribution in [3.05, 3.63) is 88.6 Å². The monoisotopic (exact) mass is 457 g/mol. The van der Waals surface area contributed by atoms with Gasteiger partial charge in [0.15, 0.2) is 0 Å². The molecule has 0 fully saturated rings. The maximum absolute atomic E-state index is 13.1. The SMILES string of the molecule is COC(=O)C1=C(C)N(C[SeH])C(c2ccccc2)=C(C(=O)OC)C1c1ccccc1. The molecule has 0 amide bonds. The molecule has 0 aliphatic carbocycles. The summed E-state index contributed by atoms with van der Waals surface area (Å²) in [7, 11) is 2.71. The van der Waals surface area contributed by atoms with Crippen LogP contribution in [-0.2, 0) is 19.1 Å². The van der Waals surface area contributed by atoms with Gasteiger partial charge in [0, 0.05) is 0 Å². The van der Waals surface area contributed by atoms with E-state index in [-0.39, 0.29) is 0 Å². The van der Waals surface area contributed by atoms with Gasteiger partial charge in [-0.2, -0.15) is 0 Å². The van der Waals surface area contributed by atoms with E-state index in [1.54, 1.807) is 0 Å². The zero-order chi connectivity index (χ0) is 21.0. The zero-order valence-corrected chi connectivity index (χ0v) is 18.5. The van der Waals surface area contributed by atoms with Crippen molar-refractivity contribution in [2.75, 3.05) is 19.7 Å². The number of allylic oxidation sites excluding steroid dienone is 1. The molecule has 0 N–H and O–H groups in total. The molecule has 0 radical (unpaired) electrons. The third kappa shape index (κ3) is 3.86. The standard InChI is InChI=1S/C23H23NO4Se/c1-15-18(22(25)27-2)19(16-10-6-4-7-11-16)20(23(26)28-3)21(24(15)14-29)17-12-8-5-9-13-17/h4-13,19,29H,14H2,1-3H3. The van der Waals surface area contributed by atoms with Gasteiger partial charge in [0.2, 0.25) is 0 Å². The van der Waals surface area contributed by atoms with Gasteiger partial charge in [-0.15, -0.1) is 0 Å². The van der Waals surface area contributed by atoms with E-state index in [0.717, 1.165) is 22.5 Å². The Balaban J connectivity index is 2.40. The van der Waals surface area contributed by atoms with Crippen LogP contribution in [0.5, 0.6) is 0 Å². The summed E-state index contributed by atoms with van der Waals surface area (Å²) in [6, 6.07) is 19.2. The van der Waals surface area contributed by atoms with E-state index in [0.29, 0.717) is 16.6 Å². The normalized spacial score (nSPS) is 16.7. The first-order valence-electron chi connectivity index (χ1n) is 9.15. The van der Waals surface area contributed by atoms with E-state index in [9.17, 15) is 9.59 Å². The van der Waals surface area contributed by atoms with E-state index >= 15 is 0 Å². The van der Waals surface area contributed by atoms with Crippen molar-refractivity contribution in [1.82, 2.24) is 4.90 Å². The minimum atomic E-state index is -0.596. The Morgan fingerprint density at radius 1 is 0.897 bits per heavy atom. The van der Waals surface area contributed by atoms with Crippen LogP contribution in [0.4, 0.5) is 0 Å². The van der Waals surface area contributed by atoms with Gasteiger partial charge in [0.25, 0.3) is 0 Å². The summed E-state index contributed by atoms with van der Waals surface area (Å²) in [6.45, 7) is 1.88. The topological polar surface area (TPSA) is 55.8 Å². The van der Waals surface area contributed by atoms with Gasteiger partial charge in [-0.05, 0) is 0 Å². The molecule has 1 unspecified atom stereocenters. The molecule has 1 atom stereocenters. The number of hydrogen-bond acceptors (Lipinski definition) is 5. The fourth-order valence-electron chi connectivity index (χ4n) is 3.71. The molecule has 2 aromatic carbocycles. The van der Waals surface area contributed by atoms with Crippen molar-refractivity contribution < 1.29 is 19.1 Å². The summed E-state index contributed by atoms with van der Waals surface area (Å²) < 4.78 is 10.3. The van der Waals surface area contributed by atoms with Crippen molar-refractivity contribution >= 4 is 33.6 Å². The molecule has 2 aromatic rings. The van der Waals surface area contributed by atoms with Gasteiger partial charge in [-0.1, -0.05) is 0 Å². The molecule has 5 nitrogen and oxygen atoms in total. The van der Waals surface area contributed by atoms with Crippen LogP contribution in [-0.4, -0.2) is 52.5 Å². The second-order valence-corrected chi connectivity index (χ2v) is 7.12. The van der Waals surface area contributed by atoms with Crippen molar-refractivity contribution in [3.8, 4) is 0 Å². The van der Waals surface area contributed by atoms with Crippen LogP contribution in [0.2, 0.25) is 0 Å². The predicted molar refractivity (Wildman–Crippen MR) is 113 cm³/mol. The number of esters is 2. The summed E-state index contributed by atoms with van der Waals surface area (Å²) in [4.78, 5) is 27.9. The third-order valence-electron chi connectivity index (χ3n) is 5.03. The second-order valence-electron chi connectivity index (χ2n) is 6.52. The molecule has 0 saturated carbocycles. The number of methoxy groups -OCH3 is 2. The first-order valence-corrected chi connectivity index (χ1v) is 10.5. The van der Waals surface area contributed by atoms with Crippen LogP contribution in [0.25, 0.3) is 5.70 Å². The summed E-state index contributed by atoms with van der Waals surface area (Å²) in [5.74, 6) is -1.53. The average Bonchev–Trinajstić information content (AvgIpc) is 2.78. The summed E-state index contributed by atoms with van der Waals surface area (Å²) in [5, 5.41) is 0. The number of rotatable bonds is 5. The van der Waals surface area contributed by atoms with Crippen molar-refractivity contribution in [3.63, 3.8) is 0 Å². The van der Waals surface area contributed by atoms with Crippen molar-refractivity contribution in [1.29, 1.82) is 0 Å². The van der Waals surface area contributed by atoms with Crippen LogP contribution in [0.3, 0.4) is 0 Å². The Kier molecular flexibility index (Phi) is 6.57. The van der Waals surface area contributed by atoms with Crippen LogP contribution >= 0.6 is 0 Å². The molecule has 1 heterocycles. The number of carbonyl (C=O) groups is 2. The predicted octanol–water partition coefficient (Wildman–Crippen LogP) is 2.98. The molecule has 1 aliphatic rings. The van der Waals surface area contributed by atoms with E-state index in [1.807, 2.05) is 72.5 Å². The van der Waals surface area contributed by atoms with Gasteiger partial charge < -0.3 is 0 Å².